The van der Waals surface area contributed by atoms with Gasteiger partial charge in [-0.1, -0.05) is 44.4 Å². The quantitative estimate of drug-likeness (QED) is 0.482. The number of hydrogen-bond donors (Lipinski definition) is 2. The fraction of sp³-hybridized carbons (Fsp3) is 0.450. The summed E-state index contributed by atoms with van der Waals surface area (Å²) in [6.07, 6.45) is 3.67. The average molecular weight is 356 g/mol. The number of hydrogen-bond acceptors (Lipinski definition) is 5. The van der Waals surface area contributed by atoms with Crippen LogP contribution in [0, 0.1) is 36.8 Å². The van der Waals surface area contributed by atoms with E-state index in [0.29, 0.717) is 18.2 Å². The molecule has 2 aromatic rings. The highest BCUT2D eigenvalue weighted by Crippen LogP contribution is 2.35. The molecular formula is C20H28N4O2. The first kappa shape index (κ1) is 19.7. The summed E-state index contributed by atoms with van der Waals surface area (Å²) >= 11 is 0. The third kappa shape index (κ3) is 4.50. The van der Waals surface area contributed by atoms with E-state index in [4.69, 9.17) is 0 Å². The average Bonchev–Trinajstić information content (AvgIpc) is 2.58. The van der Waals surface area contributed by atoms with Crippen LogP contribution < -0.4 is 10.6 Å². The van der Waals surface area contributed by atoms with E-state index in [1.54, 1.807) is 12.3 Å². The van der Waals surface area contributed by atoms with Crippen LogP contribution >= 0.6 is 0 Å². The molecule has 0 fully saturated rings. The van der Waals surface area contributed by atoms with Gasteiger partial charge in [0, 0.05) is 18.4 Å². The SMILES string of the molecule is CCC(CC)CNc1ccnc(Nc2c(C)cc(C)cc2C)c1[N+](=O)[O-]. The molecule has 6 nitrogen and oxygen atoms in total. The molecular weight excluding hydrogens is 328 g/mol. The maximum absolute atomic E-state index is 11.7. The Hall–Kier alpha value is -2.63. The van der Waals surface area contributed by atoms with E-state index in [0.717, 1.165) is 35.2 Å². The van der Waals surface area contributed by atoms with Gasteiger partial charge in [-0.25, -0.2) is 4.98 Å². The van der Waals surface area contributed by atoms with Crippen LogP contribution in [0.5, 0.6) is 0 Å². The first-order valence-electron chi connectivity index (χ1n) is 9.09. The van der Waals surface area contributed by atoms with Crippen LogP contribution in [0.3, 0.4) is 0 Å². The van der Waals surface area contributed by atoms with Gasteiger partial charge in [-0.2, -0.15) is 0 Å². The van der Waals surface area contributed by atoms with E-state index in [-0.39, 0.29) is 16.4 Å². The van der Waals surface area contributed by atoms with Crippen molar-refractivity contribution in [3.63, 3.8) is 0 Å². The van der Waals surface area contributed by atoms with Crippen molar-refractivity contribution in [3.8, 4) is 0 Å². The van der Waals surface area contributed by atoms with Gasteiger partial charge in [-0.05, 0) is 43.9 Å². The number of pyridine rings is 1. The highest BCUT2D eigenvalue weighted by atomic mass is 16.6. The summed E-state index contributed by atoms with van der Waals surface area (Å²) in [6, 6.07) is 5.77. The number of rotatable bonds is 8. The molecule has 6 heteroatoms. The van der Waals surface area contributed by atoms with Crippen molar-refractivity contribution in [2.45, 2.75) is 47.5 Å². The molecule has 0 saturated heterocycles. The summed E-state index contributed by atoms with van der Waals surface area (Å²) in [5.41, 5.74) is 4.58. The molecule has 1 aromatic carbocycles. The Morgan fingerprint density at radius 3 is 2.31 bits per heavy atom. The Morgan fingerprint density at radius 1 is 1.15 bits per heavy atom. The molecule has 2 rings (SSSR count). The van der Waals surface area contributed by atoms with Crippen molar-refractivity contribution in [2.75, 3.05) is 17.2 Å². The van der Waals surface area contributed by atoms with Crippen molar-refractivity contribution in [3.05, 3.63) is 51.2 Å². The zero-order chi connectivity index (χ0) is 19.3. The molecule has 0 aliphatic heterocycles. The largest absolute Gasteiger partial charge is 0.379 e. The van der Waals surface area contributed by atoms with E-state index < -0.39 is 0 Å². The first-order valence-corrected chi connectivity index (χ1v) is 9.09. The minimum Gasteiger partial charge on any atom is -0.379 e. The van der Waals surface area contributed by atoms with Crippen molar-refractivity contribution in [1.82, 2.24) is 4.98 Å². The van der Waals surface area contributed by atoms with Gasteiger partial charge in [0.25, 0.3) is 0 Å². The summed E-state index contributed by atoms with van der Waals surface area (Å²) in [7, 11) is 0. The lowest BCUT2D eigenvalue weighted by molar-refractivity contribution is -0.383. The second-order valence-electron chi connectivity index (χ2n) is 6.77. The van der Waals surface area contributed by atoms with E-state index in [1.165, 1.54) is 0 Å². The van der Waals surface area contributed by atoms with Gasteiger partial charge >= 0.3 is 5.69 Å². The number of nitrogens with zero attached hydrogens (tertiary/aromatic N) is 2. The summed E-state index contributed by atoms with van der Waals surface area (Å²) in [4.78, 5) is 15.6. The number of benzene rings is 1. The van der Waals surface area contributed by atoms with Crippen molar-refractivity contribution in [1.29, 1.82) is 0 Å². The Kier molecular flexibility index (Phi) is 6.55. The van der Waals surface area contributed by atoms with Crippen molar-refractivity contribution in [2.24, 2.45) is 5.92 Å². The van der Waals surface area contributed by atoms with Gasteiger partial charge < -0.3 is 10.6 Å². The third-order valence-electron chi connectivity index (χ3n) is 4.76. The lowest BCUT2D eigenvalue weighted by Gasteiger charge is -2.17. The van der Waals surface area contributed by atoms with Crippen LogP contribution in [0.4, 0.5) is 22.9 Å². The van der Waals surface area contributed by atoms with Crippen LogP contribution in [-0.4, -0.2) is 16.5 Å². The molecule has 0 aliphatic rings. The number of anilines is 3. The molecule has 0 unspecified atom stereocenters. The topological polar surface area (TPSA) is 80.1 Å². The molecule has 26 heavy (non-hydrogen) atoms. The van der Waals surface area contributed by atoms with Crippen LogP contribution in [0.25, 0.3) is 0 Å². The zero-order valence-corrected chi connectivity index (χ0v) is 16.2. The van der Waals surface area contributed by atoms with Gasteiger partial charge in [0.2, 0.25) is 5.82 Å². The number of nitrogens with one attached hydrogen (secondary N) is 2. The Balaban J connectivity index is 2.38. The van der Waals surface area contributed by atoms with Crippen LogP contribution in [0.1, 0.15) is 43.4 Å². The predicted octanol–water partition coefficient (Wildman–Crippen LogP) is 5.51. The maximum Gasteiger partial charge on any atom is 0.334 e. The first-order chi connectivity index (χ1) is 12.4. The normalized spacial score (nSPS) is 10.8. The molecule has 1 heterocycles. The Labute approximate surface area is 155 Å². The second kappa shape index (κ2) is 8.65. The Morgan fingerprint density at radius 2 is 1.77 bits per heavy atom. The van der Waals surface area contributed by atoms with Gasteiger partial charge in [-0.15, -0.1) is 0 Å². The van der Waals surface area contributed by atoms with E-state index in [9.17, 15) is 10.1 Å². The third-order valence-corrected chi connectivity index (χ3v) is 4.76. The van der Waals surface area contributed by atoms with Crippen LogP contribution in [-0.2, 0) is 0 Å². The van der Waals surface area contributed by atoms with E-state index in [2.05, 4.69) is 41.6 Å². The lowest BCUT2D eigenvalue weighted by atomic mass is 10.0. The Bertz CT molecular complexity index is 762. The number of aromatic nitrogens is 1. The van der Waals surface area contributed by atoms with Crippen molar-refractivity contribution >= 4 is 22.9 Å². The van der Waals surface area contributed by atoms with Gasteiger partial charge in [-0.3, -0.25) is 10.1 Å². The van der Waals surface area contributed by atoms with Crippen LogP contribution in [0.2, 0.25) is 0 Å². The molecule has 2 N–H and O–H groups in total. The fourth-order valence-electron chi connectivity index (χ4n) is 3.20. The molecule has 0 aliphatic carbocycles. The molecule has 0 atom stereocenters. The molecule has 140 valence electrons. The molecule has 0 radical (unpaired) electrons. The van der Waals surface area contributed by atoms with Gasteiger partial charge in [0.15, 0.2) is 0 Å². The summed E-state index contributed by atoms with van der Waals surface area (Å²) in [5, 5.41) is 18.1. The van der Waals surface area contributed by atoms with E-state index in [1.807, 2.05) is 20.8 Å². The number of aryl methyl sites for hydroxylation is 3. The predicted molar refractivity (Wildman–Crippen MR) is 107 cm³/mol. The van der Waals surface area contributed by atoms with Crippen LogP contribution in [0.15, 0.2) is 24.4 Å². The molecule has 0 saturated carbocycles. The minimum atomic E-state index is -0.372. The smallest absolute Gasteiger partial charge is 0.334 e. The highest BCUT2D eigenvalue weighted by Gasteiger charge is 2.22. The summed E-state index contributed by atoms with van der Waals surface area (Å²) in [5.74, 6) is 0.750. The molecule has 0 bridgehead atoms. The minimum absolute atomic E-state index is 0.0159. The summed E-state index contributed by atoms with van der Waals surface area (Å²) in [6.45, 7) is 11.0. The van der Waals surface area contributed by atoms with Gasteiger partial charge in [0.1, 0.15) is 5.69 Å². The molecule has 1 aromatic heterocycles. The standard InChI is InChI=1S/C20H28N4O2/c1-6-16(7-2)12-22-17-8-9-21-20(19(17)24(25)26)23-18-14(4)10-13(3)11-15(18)5/h8-11,16H,6-7,12H2,1-5H3,(H2,21,22,23). The maximum atomic E-state index is 11.7. The second-order valence-corrected chi connectivity index (χ2v) is 6.77. The fourth-order valence-corrected chi connectivity index (χ4v) is 3.20. The molecule has 0 spiro atoms. The highest BCUT2D eigenvalue weighted by molar-refractivity contribution is 5.78. The molecule has 0 amide bonds. The van der Waals surface area contributed by atoms with Gasteiger partial charge in [0.05, 0.1) is 4.92 Å². The van der Waals surface area contributed by atoms with Crippen molar-refractivity contribution < 1.29 is 4.92 Å². The van der Waals surface area contributed by atoms with E-state index >= 15 is 0 Å². The lowest BCUT2D eigenvalue weighted by Crippen LogP contribution is -2.14. The number of nitro groups is 1. The monoisotopic (exact) mass is 356 g/mol. The summed E-state index contributed by atoms with van der Waals surface area (Å²) < 4.78 is 0. The zero-order valence-electron chi connectivity index (χ0n) is 16.2.